The summed E-state index contributed by atoms with van der Waals surface area (Å²) in [4.78, 5) is 23.7. The lowest BCUT2D eigenvalue weighted by Gasteiger charge is -2.20. The fraction of sp³-hybridized carbons (Fsp3) is 0.667. The van der Waals surface area contributed by atoms with E-state index in [4.69, 9.17) is 4.74 Å². The third-order valence-electron chi connectivity index (χ3n) is 4.05. The second-order valence-corrected chi connectivity index (χ2v) is 5.94. The second kappa shape index (κ2) is 11.0. The van der Waals surface area contributed by atoms with Crippen LogP contribution in [0.3, 0.4) is 0 Å². The Morgan fingerprint density at radius 3 is 2.83 bits per heavy atom. The highest BCUT2D eigenvalue weighted by atomic mass is 16.6. The Morgan fingerprint density at radius 1 is 1.39 bits per heavy atom. The molecule has 0 spiro atoms. The molecule has 1 fully saturated rings. The van der Waals surface area contributed by atoms with Crippen molar-refractivity contribution in [1.29, 1.82) is 0 Å². The van der Waals surface area contributed by atoms with Gasteiger partial charge in [0.05, 0.1) is 18.6 Å². The zero-order valence-electron chi connectivity index (χ0n) is 14.2. The number of amides is 1. The number of aliphatic hydroxyl groups is 1. The first-order chi connectivity index (χ1) is 11.1. The van der Waals surface area contributed by atoms with Crippen LogP contribution in [-0.4, -0.2) is 35.7 Å². The van der Waals surface area contributed by atoms with Crippen molar-refractivity contribution in [2.75, 3.05) is 6.61 Å². The van der Waals surface area contributed by atoms with Crippen LogP contribution >= 0.6 is 0 Å². The van der Waals surface area contributed by atoms with Gasteiger partial charge in [0, 0.05) is 6.08 Å². The molecule has 5 nitrogen and oxygen atoms in total. The van der Waals surface area contributed by atoms with Gasteiger partial charge in [-0.1, -0.05) is 50.8 Å². The molecule has 1 aliphatic rings. The number of carbonyl (C=O) groups is 2. The molecular weight excluding hydrogens is 294 g/mol. The van der Waals surface area contributed by atoms with Gasteiger partial charge in [-0.05, 0) is 19.8 Å². The SMILES string of the molecule is CC=CC=CC(=O)NC(CO)C1CC(CCCCCC)C(=O)O1. The lowest BCUT2D eigenvalue weighted by molar-refractivity contribution is -0.146. The van der Waals surface area contributed by atoms with Crippen LogP contribution in [0.15, 0.2) is 24.3 Å². The highest BCUT2D eigenvalue weighted by Crippen LogP contribution is 2.28. The average molecular weight is 323 g/mol. The average Bonchev–Trinajstić information content (AvgIpc) is 2.90. The summed E-state index contributed by atoms with van der Waals surface area (Å²) in [7, 11) is 0. The quantitative estimate of drug-likeness (QED) is 0.280. The number of allylic oxidation sites excluding steroid dienone is 3. The smallest absolute Gasteiger partial charge is 0.309 e. The molecule has 3 atom stereocenters. The first kappa shape index (κ1) is 19.4. The van der Waals surface area contributed by atoms with Gasteiger partial charge in [-0.15, -0.1) is 0 Å². The maximum Gasteiger partial charge on any atom is 0.309 e. The molecule has 0 bridgehead atoms. The summed E-state index contributed by atoms with van der Waals surface area (Å²) in [6.07, 6.45) is 12.0. The van der Waals surface area contributed by atoms with Crippen LogP contribution in [0, 0.1) is 5.92 Å². The minimum atomic E-state index is -0.553. The number of carbonyl (C=O) groups excluding carboxylic acids is 2. The van der Waals surface area contributed by atoms with Crippen molar-refractivity contribution < 1.29 is 19.4 Å². The lowest BCUT2D eigenvalue weighted by atomic mass is 9.95. The van der Waals surface area contributed by atoms with E-state index in [2.05, 4.69) is 12.2 Å². The number of cyclic esters (lactones) is 1. The Hall–Kier alpha value is -1.62. The van der Waals surface area contributed by atoms with Gasteiger partial charge in [-0.25, -0.2) is 0 Å². The van der Waals surface area contributed by atoms with Crippen LogP contribution in [0.5, 0.6) is 0 Å². The molecule has 2 N–H and O–H groups in total. The number of hydrogen-bond donors (Lipinski definition) is 2. The van der Waals surface area contributed by atoms with Crippen LogP contribution in [-0.2, 0) is 14.3 Å². The Labute approximate surface area is 138 Å². The zero-order chi connectivity index (χ0) is 17.1. The Balaban J connectivity index is 2.46. The monoisotopic (exact) mass is 323 g/mol. The van der Waals surface area contributed by atoms with Gasteiger partial charge < -0.3 is 15.2 Å². The topological polar surface area (TPSA) is 75.6 Å². The number of unbranched alkanes of at least 4 members (excludes halogenated alkanes) is 3. The summed E-state index contributed by atoms with van der Waals surface area (Å²) >= 11 is 0. The molecule has 1 aliphatic heterocycles. The second-order valence-electron chi connectivity index (χ2n) is 5.94. The predicted molar refractivity (Wildman–Crippen MR) is 89.7 cm³/mol. The van der Waals surface area contributed by atoms with E-state index in [1.54, 1.807) is 12.2 Å². The Morgan fingerprint density at radius 2 is 2.17 bits per heavy atom. The summed E-state index contributed by atoms with van der Waals surface area (Å²) in [5.74, 6) is -0.616. The zero-order valence-corrected chi connectivity index (χ0v) is 14.2. The molecule has 0 aliphatic carbocycles. The molecule has 1 saturated heterocycles. The van der Waals surface area contributed by atoms with Crippen molar-refractivity contribution in [1.82, 2.24) is 5.32 Å². The van der Waals surface area contributed by atoms with E-state index in [0.29, 0.717) is 6.42 Å². The van der Waals surface area contributed by atoms with Crippen LogP contribution in [0.1, 0.15) is 52.4 Å². The van der Waals surface area contributed by atoms with Gasteiger partial charge in [-0.3, -0.25) is 9.59 Å². The molecule has 0 radical (unpaired) electrons. The highest BCUT2D eigenvalue weighted by Gasteiger charge is 2.38. The van der Waals surface area contributed by atoms with Crippen molar-refractivity contribution in [3.8, 4) is 0 Å². The van der Waals surface area contributed by atoms with Crippen LogP contribution in [0.4, 0.5) is 0 Å². The lowest BCUT2D eigenvalue weighted by Crippen LogP contribution is -2.45. The van der Waals surface area contributed by atoms with Crippen molar-refractivity contribution >= 4 is 11.9 Å². The van der Waals surface area contributed by atoms with Crippen molar-refractivity contribution in [3.05, 3.63) is 24.3 Å². The first-order valence-corrected chi connectivity index (χ1v) is 8.53. The number of aliphatic hydroxyl groups excluding tert-OH is 1. The summed E-state index contributed by atoms with van der Waals surface area (Å²) in [5, 5.41) is 12.2. The third kappa shape index (κ3) is 6.99. The number of esters is 1. The largest absolute Gasteiger partial charge is 0.460 e. The maximum absolute atomic E-state index is 11.9. The fourth-order valence-electron chi connectivity index (χ4n) is 2.71. The van der Waals surface area contributed by atoms with Crippen LogP contribution in [0.25, 0.3) is 0 Å². The van der Waals surface area contributed by atoms with Crippen molar-refractivity contribution in [2.45, 2.75) is 64.5 Å². The summed E-state index contributed by atoms with van der Waals surface area (Å²) in [5.41, 5.74) is 0. The van der Waals surface area contributed by atoms with E-state index >= 15 is 0 Å². The molecule has 0 aromatic heterocycles. The molecule has 23 heavy (non-hydrogen) atoms. The predicted octanol–water partition coefficient (Wildman–Crippen LogP) is 2.50. The molecule has 3 unspecified atom stereocenters. The van der Waals surface area contributed by atoms with Crippen molar-refractivity contribution in [2.24, 2.45) is 5.92 Å². The molecule has 5 heteroatoms. The van der Waals surface area contributed by atoms with Gasteiger partial charge in [0.25, 0.3) is 0 Å². The molecule has 1 amide bonds. The highest BCUT2D eigenvalue weighted by molar-refractivity contribution is 5.88. The molecular formula is C18H29NO4. The Kier molecular flexibility index (Phi) is 9.29. The normalized spacial score (nSPS) is 22.7. The van der Waals surface area contributed by atoms with Gasteiger partial charge >= 0.3 is 5.97 Å². The number of hydrogen-bond acceptors (Lipinski definition) is 4. The van der Waals surface area contributed by atoms with Crippen LogP contribution in [0.2, 0.25) is 0 Å². The van der Waals surface area contributed by atoms with E-state index in [1.165, 1.54) is 12.5 Å². The first-order valence-electron chi connectivity index (χ1n) is 8.53. The Bertz CT molecular complexity index is 431. The van der Waals surface area contributed by atoms with E-state index in [1.807, 2.05) is 13.0 Å². The van der Waals surface area contributed by atoms with Gasteiger partial charge in [0.1, 0.15) is 6.10 Å². The van der Waals surface area contributed by atoms with E-state index in [0.717, 1.165) is 25.7 Å². The molecule has 0 aromatic rings. The minimum absolute atomic E-state index is 0.110. The maximum atomic E-state index is 11.9. The molecule has 1 heterocycles. The van der Waals surface area contributed by atoms with E-state index in [-0.39, 0.29) is 24.4 Å². The third-order valence-corrected chi connectivity index (χ3v) is 4.05. The molecule has 1 rings (SSSR count). The van der Waals surface area contributed by atoms with Gasteiger partial charge in [0.15, 0.2) is 0 Å². The summed E-state index contributed by atoms with van der Waals surface area (Å²) in [6, 6.07) is -0.553. The van der Waals surface area contributed by atoms with Crippen molar-refractivity contribution in [3.63, 3.8) is 0 Å². The number of ether oxygens (including phenoxy) is 1. The molecule has 0 saturated carbocycles. The minimum Gasteiger partial charge on any atom is -0.460 e. The van der Waals surface area contributed by atoms with Gasteiger partial charge in [0.2, 0.25) is 5.91 Å². The fourth-order valence-corrected chi connectivity index (χ4v) is 2.71. The standard InChI is InChI=1S/C18H29NO4/c1-3-5-7-9-10-14-12-16(23-18(14)22)15(13-20)19-17(21)11-8-6-4-2/h4,6,8,11,14-16,20H,3,5,7,9-10,12-13H2,1-2H3,(H,19,21). The summed E-state index contributed by atoms with van der Waals surface area (Å²) in [6.45, 7) is 3.76. The van der Waals surface area contributed by atoms with E-state index < -0.39 is 12.1 Å². The molecule has 130 valence electrons. The van der Waals surface area contributed by atoms with E-state index in [9.17, 15) is 14.7 Å². The van der Waals surface area contributed by atoms with Crippen LogP contribution < -0.4 is 5.32 Å². The number of nitrogens with one attached hydrogen (secondary N) is 1. The number of rotatable bonds is 10. The van der Waals surface area contributed by atoms with Gasteiger partial charge in [-0.2, -0.15) is 0 Å². The molecule has 0 aromatic carbocycles. The summed E-state index contributed by atoms with van der Waals surface area (Å²) < 4.78 is 5.36.